The molecule has 3 heterocycles. The number of aromatic nitrogens is 4. The molecular weight excluding hydrogens is 426 g/mol. The van der Waals surface area contributed by atoms with Crippen LogP contribution in [-0.2, 0) is 17.6 Å². The molecule has 170 valence electrons. The van der Waals surface area contributed by atoms with Gasteiger partial charge in [-0.25, -0.2) is 19.9 Å². The fraction of sp³-hybridized carbons (Fsp3) is 0.222. The number of nitrogens with zero attached hydrogens (tertiary/aromatic N) is 5. The zero-order valence-corrected chi connectivity index (χ0v) is 18.8. The molecular formula is C27H25N5O2. The van der Waals surface area contributed by atoms with Crippen LogP contribution < -0.4 is 4.90 Å². The number of benzene rings is 2. The molecule has 1 aliphatic heterocycles. The van der Waals surface area contributed by atoms with Crippen LogP contribution in [0, 0.1) is 0 Å². The van der Waals surface area contributed by atoms with Crippen molar-refractivity contribution in [3.8, 4) is 11.3 Å². The summed E-state index contributed by atoms with van der Waals surface area (Å²) in [6.45, 7) is 3.42. The van der Waals surface area contributed by atoms with Crippen molar-refractivity contribution in [3.63, 3.8) is 0 Å². The van der Waals surface area contributed by atoms with Crippen LogP contribution in [0.25, 0.3) is 11.3 Å². The molecule has 0 bridgehead atoms. The lowest BCUT2D eigenvalue weighted by Gasteiger charge is -2.28. The maximum absolute atomic E-state index is 12.4. The van der Waals surface area contributed by atoms with E-state index in [9.17, 15) is 4.79 Å². The van der Waals surface area contributed by atoms with Crippen LogP contribution in [-0.4, -0.2) is 52.0 Å². The number of hydrogen-bond donors (Lipinski definition) is 0. The van der Waals surface area contributed by atoms with E-state index in [1.807, 2.05) is 30.3 Å². The van der Waals surface area contributed by atoms with E-state index in [0.717, 1.165) is 48.9 Å². The molecule has 1 aliphatic rings. The Balaban J connectivity index is 1.24. The fourth-order valence-corrected chi connectivity index (χ4v) is 4.00. The lowest BCUT2D eigenvalue weighted by atomic mass is 10.0. The largest absolute Gasteiger partial charge is 0.378 e. The minimum Gasteiger partial charge on any atom is -0.378 e. The highest BCUT2D eigenvalue weighted by atomic mass is 16.5. The summed E-state index contributed by atoms with van der Waals surface area (Å²) in [6, 6.07) is 18.4. The molecule has 1 saturated heterocycles. The average molecular weight is 452 g/mol. The van der Waals surface area contributed by atoms with E-state index in [1.54, 1.807) is 18.6 Å². The van der Waals surface area contributed by atoms with Crippen LogP contribution in [0.15, 0.2) is 79.5 Å². The summed E-state index contributed by atoms with van der Waals surface area (Å²) in [5, 5.41) is 0. The number of hydrogen-bond acceptors (Lipinski definition) is 7. The van der Waals surface area contributed by atoms with Crippen LogP contribution >= 0.6 is 0 Å². The fourth-order valence-electron chi connectivity index (χ4n) is 4.00. The second-order valence-electron chi connectivity index (χ2n) is 8.22. The predicted molar refractivity (Wildman–Crippen MR) is 130 cm³/mol. The molecule has 0 N–H and O–H groups in total. The van der Waals surface area contributed by atoms with E-state index in [2.05, 4.69) is 44.1 Å². The van der Waals surface area contributed by atoms with Gasteiger partial charge >= 0.3 is 0 Å². The van der Waals surface area contributed by atoms with Gasteiger partial charge in [-0.3, -0.25) is 4.79 Å². The van der Waals surface area contributed by atoms with Gasteiger partial charge in [0.2, 0.25) is 0 Å². The summed E-state index contributed by atoms with van der Waals surface area (Å²) in [7, 11) is 0. The van der Waals surface area contributed by atoms with Crippen LogP contribution in [0.4, 0.5) is 5.69 Å². The van der Waals surface area contributed by atoms with Crippen molar-refractivity contribution in [3.05, 3.63) is 102 Å². The Morgan fingerprint density at radius 1 is 0.882 bits per heavy atom. The van der Waals surface area contributed by atoms with E-state index in [0.29, 0.717) is 18.4 Å². The molecule has 2 aromatic carbocycles. The highest BCUT2D eigenvalue weighted by Crippen LogP contribution is 2.21. The predicted octanol–water partition coefficient (Wildman–Crippen LogP) is 3.79. The Bertz CT molecular complexity index is 1240. The number of morpholine rings is 1. The summed E-state index contributed by atoms with van der Waals surface area (Å²) < 4.78 is 5.44. The summed E-state index contributed by atoms with van der Waals surface area (Å²) in [5.41, 5.74) is 5.71. The van der Waals surface area contributed by atoms with Crippen LogP contribution in [0.5, 0.6) is 0 Å². The number of anilines is 1. The van der Waals surface area contributed by atoms with E-state index >= 15 is 0 Å². The van der Waals surface area contributed by atoms with Crippen molar-refractivity contribution in [1.29, 1.82) is 0 Å². The third kappa shape index (κ3) is 5.32. The standard InChI is InChI=1S/C27H25N5O2/c33-26(23-17-28-19-29-18-23)15-20-1-5-22(6-2-20)25-9-10-30-27(31-25)16-21-3-7-24(8-4-21)32-11-13-34-14-12-32/h1-10,17-19H,11-16H2. The van der Waals surface area contributed by atoms with Gasteiger partial charge in [0.1, 0.15) is 12.2 Å². The smallest absolute Gasteiger partial charge is 0.170 e. The molecule has 0 saturated carbocycles. The normalized spacial score (nSPS) is 13.6. The number of ketones is 1. The topological polar surface area (TPSA) is 81.1 Å². The van der Waals surface area contributed by atoms with Gasteiger partial charge in [0, 0.05) is 55.8 Å². The molecule has 1 fully saturated rings. The molecule has 7 heteroatoms. The Labute approximate surface area is 198 Å². The highest BCUT2D eigenvalue weighted by molar-refractivity contribution is 5.96. The van der Waals surface area contributed by atoms with E-state index in [-0.39, 0.29) is 5.78 Å². The average Bonchev–Trinajstić information content (AvgIpc) is 2.91. The molecule has 0 radical (unpaired) electrons. The first-order valence-electron chi connectivity index (χ1n) is 11.4. The second-order valence-corrected chi connectivity index (χ2v) is 8.22. The minimum atomic E-state index is -0.00249. The maximum Gasteiger partial charge on any atom is 0.170 e. The molecule has 5 rings (SSSR count). The van der Waals surface area contributed by atoms with Gasteiger partial charge in [0.25, 0.3) is 0 Å². The first kappa shape index (κ1) is 21.9. The molecule has 7 nitrogen and oxygen atoms in total. The SMILES string of the molecule is O=C(Cc1ccc(-c2ccnc(Cc3ccc(N4CCOCC4)cc3)n2)cc1)c1cncnc1. The summed E-state index contributed by atoms with van der Waals surface area (Å²) in [5.74, 6) is 0.775. The number of carbonyl (C=O) groups excluding carboxylic acids is 1. The Morgan fingerprint density at radius 2 is 1.59 bits per heavy atom. The van der Waals surface area contributed by atoms with Gasteiger partial charge in [-0.05, 0) is 29.3 Å². The molecule has 2 aromatic heterocycles. The Hall–Kier alpha value is -3.97. The Kier molecular flexibility index (Phi) is 6.63. The van der Waals surface area contributed by atoms with Crippen molar-refractivity contribution in [2.24, 2.45) is 0 Å². The molecule has 0 atom stereocenters. The van der Waals surface area contributed by atoms with E-state index < -0.39 is 0 Å². The summed E-state index contributed by atoms with van der Waals surface area (Å²) in [6.07, 6.45) is 7.28. The van der Waals surface area contributed by atoms with Gasteiger partial charge < -0.3 is 9.64 Å². The Morgan fingerprint density at radius 3 is 2.32 bits per heavy atom. The van der Waals surface area contributed by atoms with Crippen LogP contribution in [0.2, 0.25) is 0 Å². The van der Waals surface area contributed by atoms with E-state index in [4.69, 9.17) is 9.72 Å². The molecule has 0 amide bonds. The minimum absolute atomic E-state index is 0.00249. The van der Waals surface area contributed by atoms with Crippen molar-refractivity contribution in [1.82, 2.24) is 19.9 Å². The number of Topliss-reactive ketones (excluding diaryl/α,β-unsaturated/α-hetero) is 1. The third-order valence-corrected chi connectivity index (χ3v) is 5.88. The van der Waals surface area contributed by atoms with Crippen molar-refractivity contribution < 1.29 is 9.53 Å². The number of ether oxygens (including phenoxy) is 1. The van der Waals surface area contributed by atoms with Gasteiger partial charge in [0.15, 0.2) is 5.78 Å². The maximum atomic E-state index is 12.4. The molecule has 0 unspecified atom stereocenters. The van der Waals surface area contributed by atoms with Crippen molar-refractivity contribution >= 4 is 11.5 Å². The lowest BCUT2D eigenvalue weighted by Crippen LogP contribution is -2.36. The van der Waals surface area contributed by atoms with Gasteiger partial charge in [-0.2, -0.15) is 0 Å². The highest BCUT2D eigenvalue weighted by Gasteiger charge is 2.12. The molecule has 0 spiro atoms. The number of carbonyl (C=O) groups is 1. The quantitative estimate of drug-likeness (QED) is 0.396. The van der Waals surface area contributed by atoms with Gasteiger partial charge in [-0.15, -0.1) is 0 Å². The van der Waals surface area contributed by atoms with Gasteiger partial charge in [0.05, 0.1) is 24.5 Å². The summed E-state index contributed by atoms with van der Waals surface area (Å²) in [4.78, 5) is 31.8. The molecule has 0 aliphatic carbocycles. The lowest BCUT2D eigenvalue weighted by molar-refractivity contribution is 0.0992. The van der Waals surface area contributed by atoms with Crippen LogP contribution in [0.1, 0.15) is 27.3 Å². The van der Waals surface area contributed by atoms with Crippen molar-refractivity contribution in [2.75, 3.05) is 31.2 Å². The third-order valence-electron chi connectivity index (χ3n) is 5.88. The first-order chi connectivity index (χ1) is 16.7. The van der Waals surface area contributed by atoms with Gasteiger partial charge in [-0.1, -0.05) is 36.4 Å². The molecule has 4 aromatic rings. The zero-order valence-electron chi connectivity index (χ0n) is 18.8. The monoisotopic (exact) mass is 451 g/mol. The molecule has 34 heavy (non-hydrogen) atoms. The van der Waals surface area contributed by atoms with E-state index in [1.165, 1.54) is 17.6 Å². The van der Waals surface area contributed by atoms with Crippen molar-refractivity contribution in [2.45, 2.75) is 12.8 Å². The summed E-state index contributed by atoms with van der Waals surface area (Å²) >= 11 is 0. The van der Waals surface area contributed by atoms with Crippen LogP contribution in [0.3, 0.4) is 0 Å². The zero-order chi connectivity index (χ0) is 23.2. The first-order valence-corrected chi connectivity index (χ1v) is 11.4. The number of rotatable bonds is 7. The second kappa shape index (κ2) is 10.3.